The van der Waals surface area contributed by atoms with Gasteiger partial charge in [-0.15, -0.1) is 0 Å². The predicted octanol–water partition coefficient (Wildman–Crippen LogP) is 2.98. The van der Waals surface area contributed by atoms with Crippen molar-refractivity contribution in [1.82, 2.24) is 9.78 Å². The second kappa shape index (κ2) is 4.76. The summed E-state index contributed by atoms with van der Waals surface area (Å²) in [6.45, 7) is 0. The molecule has 0 bridgehead atoms. The van der Waals surface area contributed by atoms with Crippen LogP contribution in [0.1, 0.15) is 17.3 Å². The van der Waals surface area contributed by atoms with Gasteiger partial charge in [-0.1, -0.05) is 18.2 Å². The number of aromatic nitrogens is 2. The Labute approximate surface area is 109 Å². The summed E-state index contributed by atoms with van der Waals surface area (Å²) in [5, 5.41) is 8.47. The van der Waals surface area contributed by atoms with Gasteiger partial charge in [-0.3, -0.25) is 0 Å². The highest BCUT2D eigenvalue weighted by molar-refractivity contribution is 7.08. The minimum absolute atomic E-state index is 0.140. The molecule has 0 amide bonds. The van der Waals surface area contributed by atoms with E-state index in [1.807, 2.05) is 46.5 Å². The average molecular weight is 255 g/mol. The third kappa shape index (κ3) is 1.96. The van der Waals surface area contributed by atoms with Crippen molar-refractivity contribution in [2.24, 2.45) is 5.73 Å². The van der Waals surface area contributed by atoms with Gasteiger partial charge in [0.2, 0.25) is 0 Å². The van der Waals surface area contributed by atoms with Crippen LogP contribution in [0.4, 0.5) is 0 Å². The number of nitrogens with two attached hydrogens (primary N) is 1. The number of para-hydroxylation sites is 1. The number of rotatable bonds is 3. The molecular formula is C14H13N3S. The van der Waals surface area contributed by atoms with E-state index in [1.54, 1.807) is 17.5 Å². The van der Waals surface area contributed by atoms with Crippen molar-refractivity contribution in [2.45, 2.75) is 6.04 Å². The van der Waals surface area contributed by atoms with Crippen LogP contribution in [-0.4, -0.2) is 9.78 Å². The molecule has 0 spiro atoms. The summed E-state index contributed by atoms with van der Waals surface area (Å²) in [5.41, 5.74) is 9.44. The summed E-state index contributed by atoms with van der Waals surface area (Å²) >= 11 is 1.66. The number of hydrogen-bond acceptors (Lipinski definition) is 3. The summed E-state index contributed by atoms with van der Waals surface area (Å²) in [6, 6.07) is 13.9. The van der Waals surface area contributed by atoms with Gasteiger partial charge in [-0.05, 0) is 40.6 Å². The van der Waals surface area contributed by atoms with Crippen LogP contribution >= 0.6 is 11.3 Å². The second-order valence-electron chi connectivity index (χ2n) is 4.04. The van der Waals surface area contributed by atoms with Crippen LogP contribution in [0.2, 0.25) is 0 Å². The first-order chi connectivity index (χ1) is 8.86. The van der Waals surface area contributed by atoms with E-state index in [0.717, 1.165) is 16.9 Å². The highest BCUT2D eigenvalue weighted by atomic mass is 32.1. The maximum atomic E-state index is 6.29. The lowest BCUT2D eigenvalue weighted by atomic mass is 10.1. The van der Waals surface area contributed by atoms with Crippen molar-refractivity contribution in [3.63, 3.8) is 0 Å². The summed E-state index contributed by atoms with van der Waals surface area (Å²) in [6.07, 6.45) is 1.79. The van der Waals surface area contributed by atoms with Crippen LogP contribution in [-0.2, 0) is 0 Å². The zero-order valence-corrected chi connectivity index (χ0v) is 10.5. The van der Waals surface area contributed by atoms with Gasteiger partial charge >= 0.3 is 0 Å². The molecule has 18 heavy (non-hydrogen) atoms. The summed E-state index contributed by atoms with van der Waals surface area (Å²) in [5.74, 6) is 0. The molecule has 0 aliphatic carbocycles. The lowest BCUT2D eigenvalue weighted by Gasteiger charge is -2.13. The van der Waals surface area contributed by atoms with E-state index in [9.17, 15) is 0 Å². The summed E-state index contributed by atoms with van der Waals surface area (Å²) in [4.78, 5) is 0. The van der Waals surface area contributed by atoms with Crippen molar-refractivity contribution in [3.05, 3.63) is 70.7 Å². The molecule has 2 aromatic heterocycles. The predicted molar refractivity (Wildman–Crippen MR) is 73.9 cm³/mol. The van der Waals surface area contributed by atoms with Crippen molar-refractivity contribution < 1.29 is 0 Å². The number of thiophene rings is 1. The summed E-state index contributed by atoms with van der Waals surface area (Å²) < 4.78 is 1.89. The first-order valence-corrected chi connectivity index (χ1v) is 6.67. The molecule has 1 atom stereocenters. The average Bonchev–Trinajstić information content (AvgIpc) is 3.10. The quantitative estimate of drug-likeness (QED) is 0.782. The van der Waals surface area contributed by atoms with Gasteiger partial charge in [0.05, 0.1) is 17.4 Å². The Hall–Kier alpha value is -1.91. The largest absolute Gasteiger partial charge is 0.319 e. The van der Waals surface area contributed by atoms with E-state index >= 15 is 0 Å². The first kappa shape index (κ1) is 11.2. The highest BCUT2D eigenvalue weighted by Gasteiger charge is 2.15. The van der Waals surface area contributed by atoms with Crippen LogP contribution in [0.5, 0.6) is 0 Å². The van der Waals surface area contributed by atoms with E-state index in [2.05, 4.69) is 16.5 Å². The zero-order chi connectivity index (χ0) is 12.4. The smallest absolute Gasteiger partial charge is 0.0735 e. The summed E-state index contributed by atoms with van der Waals surface area (Å²) in [7, 11) is 0. The molecule has 2 heterocycles. The maximum absolute atomic E-state index is 6.29. The van der Waals surface area contributed by atoms with E-state index in [0.29, 0.717) is 0 Å². The van der Waals surface area contributed by atoms with Gasteiger partial charge in [-0.25, -0.2) is 4.68 Å². The van der Waals surface area contributed by atoms with E-state index in [1.165, 1.54) is 0 Å². The third-order valence-electron chi connectivity index (χ3n) is 2.89. The molecule has 0 aliphatic heterocycles. The van der Waals surface area contributed by atoms with Gasteiger partial charge in [0.15, 0.2) is 0 Å². The topological polar surface area (TPSA) is 43.8 Å². The SMILES string of the molecule is NC(c1ccsc1)c1ccnn1-c1ccccc1. The van der Waals surface area contributed by atoms with Crippen molar-refractivity contribution in [3.8, 4) is 5.69 Å². The van der Waals surface area contributed by atoms with Gasteiger partial charge in [-0.2, -0.15) is 16.4 Å². The van der Waals surface area contributed by atoms with Crippen LogP contribution in [0.15, 0.2) is 59.4 Å². The van der Waals surface area contributed by atoms with Crippen LogP contribution in [0.3, 0.4) is 0 Å². The Morgan fingerprint density at radius 3 is 2.67 bits per heavy atom. The zero-order valence-electron chi connectivity index (χ0n) is 9.73. The van der Waals surface area contributed by atoms with Crippen molar-refractivity contribution in [2.75, 3.05) is 0 Å². The third-order valence-corrected chi connectivity index (χ3v) is 3.60. The highest BCUT2D eigenvalue weighted by Crippen LogP contribution is 2.23. The fourth-order valence-corrected chi connectivity index (χ4v) is 2.65. The molecule has 1 unspecified atom stereocenters. The van der Waals surface area contributed by atoms with Gasteiger partial charge in [0, 0.05) is 6.20 Å². The second-order valence-corrected chi connectivity index (χ2v) is 4.82. The van der Waals surface area contributed by atoms with Crippen LogP contribution in [0.25, 0.3) is 5.69 Å². The van der Waals surface area contributed by atoms with E-state index < -0.39 is 0 Å². The molecule has 3 rings (SSSR count). The molecule has 0 aliphatic rings. The Bertz CT molecular complexity index is 614. The fraction of sp³-hybridized carbons (Fsp3) is 0.0714. The van der Waals surface area contributed by atoms with E-state index in [-0.39, 0.29) is 6.04 Å². The minimum atomic E-state index is -0.140. The van der Waals surface area contributed by atoms with E-state index in [4.69, 9.17) is 5.73 Å². The molecule has 0 saturated heterocycles. The standard InChI is InChI=1S/C14H13N3S/c15-14(11-7-9-18-10-11)13-6-8-16-17(13)12-4-2-1-3-5-12/h1-10,14H,15H2. The Morgan fingerprint density at radius 2 is 1.94 bits per heavy atom. The number of benzene rings is 1. The molecule has 0 saturated carbocycles. The van der Waals surface area contributed by atoms with Crippen LogP contribution < -0.4 is 5.73 Å². The van der Waals surface area contributed by atoms with Gasteiger partial charge in [0.1, 0.15) is 0 Å². The molecule has 2 N–H and O–H groups in total. The Kier molecular flexibility index (Phi) is 2.96. The van der Waals surface area contributed by atoms with Crippen LogP contribution in [0, 0.1) is 0 Å². The molecule has 3 nitrogen and oxygen atoms in total. The Morgan fingerprint density at radius 1 is 1.11 bits per heavy atom. The first-order valence-electron chi connectivity index (χ1n) is 5.73. The molecule has 4 heteroatoms. The molecule has 1 aromatic carbocycles. The molecule has 0 radical (unpaired) electrons. The Balaban J connectivity index is 2.02. The van der Waals surface area contributed by atoms with Gasteiger partial charge in [0.25, 0.3) is 0 Å². The van der Waals surface area contributed by atoms with Crippen molar-refractivity contribution >= 4 is 11.3 Å². The lowest BCUT2D eigenvalue weighted by molar-refractivity contribution is 0.741. The monoisotopic (exact) mass is 255 g/mol. The maximum Gasteiger partial charge on any atom is 0.0735 e. The van der Waals surface area contributed by atoms with Crippen molar-refractivity contribution in [1.29, 1.82) is 0 Å². The number of nitrogens with zero attached hydrogens (tertiary/aromatic N) is 2. The molecular weight excluding hydrogens is 242 g/mol. The molecule has 90 valence electrons. The van der Waals surface area contributed by atoms with Gasteiger partial charge < -0.3 is 5.73 Å². The molecule has 3 aromatic rings. The molecule has 0 fully saturated rings. The normalized spacial score (nSPS) is 12.5. The lowest BCUT2D eigenvalue weighted by Crippen LogP contribution is -2.16. The fourth-order valence-electron chi connectivity index (χ4n) is 1.96. The number of hydrogen-bond donors (Lipinski definition) is 1. The minimum Gasteiger partial charge on any atom is -0.319 e.